The summed E-state index contributed by atoms with van der Waals surface area (Å²) >= 11 is 6.75. The lowest BCUT2D eigenvalue weighted by molar-refractivity contribution is 1.11. The van der Waals surface area contributed by atoms with Crippen LogP contribution in [-0.4, -0.2) is 10.9 Å². The van der Waals surface area contributed by atoms with E-state index in [1.165, 1.54) is 11.3 Å². The molecule has 0 fully saturated rings. The number of hydrogen-bond acceptors (Lipinski definition) is 2. The molecule has 0 aliphatic heterocycles. The Morgan fingerprint density at radius 2 is 2.40 bits per heavy atom. The van der Waals surface area contributed by atoms with Gasteiger partial charge in [-0.15, -0.1) is 11.6 Å². The number of rotatable bonds is 2. The fourth-order valence-corrected chi connectivity index (χ4v) is 1.90. The molecular formula is C6H8ClNOS. The summed E-state index contributed by atoms with van der Waals surface area (Å²) in [7, 11) is 0. The van der Waals surface area contributed by atoms with Gasteiger partial charge in [0.25, 0.3) is 0 Å². The van der Waals surface area contributed by atoms with Crippen molar-refractivity contribution in [3.8, 4) is 0 Å². The van der Waals surface area contributed by atoms with Crippen LogP contribution in [0.1, 0.15) is 10.6 Å². The predicted octanol–water partition coefficient (Wildman–Crippen LogP) is 1.53. The lowest BCUT2D eigenvalue weighted by atomic mass is 10.3. The van der Waals surface area contributed by atoms with Crippen LogP contribution in [0.3, 0.4) is 0 Å². The maximum absolute atomic E-state index is 10.7. The number of H-pyrrole nitrogens is 1. The second-order valence-corrected chi connectivity index (χ2v) is 3.45. The quantitative estimate of drug-likeness (QED) is 0.683. The zero-order valence-corrected chi connectivity index (χ0v) is 7.18. The van der Waals surface area contributed by atoms with Gasteiger partial charge < -0.3 is 4.98 Å². The van der Waals surface area contributed by atoms with Crippen LogP contribution in [0.4, 0.5) is 0 Å². The van der Waals surface area contributed by atoms with E-state index in [1.54, 1.807) is 0 Å². The van der Waals surface area contributed by atoms with Crippen molar-refractivity contribution >= 4 is 22.9 Å². The smallest absolute Gasteiger partial charge is 0.304 e. The van der Waals surface area contributed by atoms with Crippen molar-refractivity contribution in [2.45, 2.75) is 13.3 Å². The van der Waals surface area contributed by atoms with Crippen LogP contribution in [-0.2, 0) is 6.42 Å². The van der Waals surface area contributed by atoms with Crippen LogP contribution >= 0.6 is 22.9 Å². The standard InChI is InChI=1S/C6H8ClNOS/c1-4-5(2-3-7)10-6(9)8-4/h2-3H2,1H3,(H,8,9). The highest BCUT2D eigenvalue weighted by Gasteiger charge is 2.00. The molecule has 1 rings (SSSR count). The Balaban J connectivity index is 2.92. The maximum Gasteiger partial charge on any atom is 0.304 e. The Morgan fingerprint density at radius 3 is 2.80 bits per heavy atom. The van der Waals surface area contributed by atoms with Gasteiger partial charge in [-0.05, 0) is 13.3 Å². The Bertz CT molecular complexity index is 265. The fourth-order valence-electron chi connectivity index (χ4n) is 0.761. The van der Waals surface area contributed by atoms with Crippen LogP contribution in [0, 0.1) is 6.92 Å². The molecule has 0 bridgehead atoms. The Labute approximate surface area is 67.9 Å². The van der Waals surface area contributed by atoms with Gasteiger partial charge in [-0.2, -0.15) is 0 Å². The van der Waals surface area contributed by atoms with Crippen molar-refractivity contribution in [1.82, 2.24) is 4.98 Å². The lowest BCUT2D eigenvalue weighted by Crippen LogP contribution is -1.91. The SMILES string of the molecule is Cc1[nH]c(=O)sc1CCCl. The maximum atomic E-state index is 10.7. The third-order valence-electron chi connectivity index (χ3n) is 1.25. The Morgan fingerprint density at radius 1 is 1.70 bits per heavy atom. The molecule has 0 aliphatic rings. The van der Waals surface area contributed by atoms with Crippen LogP contribution < -0.4 is 4.87 Å². The van der Waals surface area contributed by atoms with Gasteiger partial charge in [0.1, 0.15) is 0 Å². The molecule has 1 aromatic rings. The van der Waals surface area contributed by atoms with Gasteiger partial charge in [0.05, 0.1) is 0 Å². The minimum Gasteiger partial charge on any atom is -0.317 e. The highest BCUT2D eigenvalue weighted by molar-refractivity contribution is 7.09. The van der Waals surface area contributed by atoms with Crippen molar-refractivity contribution < 1.29 is 0 Å². The molecule has 1 heterocycles. The van der Waals surface area contributed by atoms with Gasteiger partial charge in [0.2, 0.25) is 0 Å². The number of halogens is 1. The topological polar surface area (TPSA) is 32.9 Å². The van der Waals surface area contributed by atoms with E-state index in [1.807, 2.05) is 6.92 Å². The molecule has 1 N–H and O–H groups in total. The molecule has 0 radical (unpaired) electrons. The highest BCUT2D eigenvalue weighted by atomic mass is 35.5. The van der Waals surface area contributed by atoms with E-state index in [0.29, 0.717) is 5.88 Å². The summed E-state index contributed by atoms with van der Waals surface area (Å²) in [5.74, 6) is 0.578. The molecule has 0 amide bonds. The lowest BCUT2D eigenvalue weighted by Gasteiger charge is -1.89. The molecule has 0 saturated carbocycles. The van der Waals surface area contributed by atoms with E-state index in [9.17, 15) is 4.79 Å². The second kappa shape index (κ2) is 3.21. The molecule has 0 aliphatic carbocycles. The summed E-state index contributed by atoms with van der Waals surface area (Å²) in [5.41, 5.74) is 0.954. The average molecular weight is 178 g/mol. The molecule has 0 aromatic carbocycles. The van der Waals surface area contributed by atoms with Gasteiger partial charge in [-0.1, -0.05) is 11.3 Å². The van der Waals surface area contributed by atoms with Gasteiger partial charge in [-0.3, -0.25) is 4.79 Å². The molecule has 1 aromatic heterocycles. The summed E-state index contributed by atoms with van der Waals surface area (Å²) in [6, 6.07) is 0. The number of alkyl halides is 1. The van der Waals surface area contributed by atoms with E-state index in [4.69, 9.17) is 11.6 Å². The van der Waals surface area contributed by atoms with Gasteiger partial charge >= 0.3 is 4.87 Å². The number of nitrogens with one attached hydrogen (secondary N) is 1. The molecule has 0 atom stereocenters. The molecule has 0 unspecified atom stereocenters. The second-order valence-electron chi connectivity index (χ2n) is 2.00. The molecule has 10 heavy (non-hydrogen) atoms. The third-order valence-corrected chi connectivity index (χ3v) is 2.48. The van der Waals surface area contributed by atoms with E-state index in [0.717, 1.165) is 17.0 Å². The number of aromatic amines is 1. The van der Waals surface area contributed by atoms with E-state index in [2.05, 4.69) is 4.98 Å². The summed E-state index contributed by atoms with van der Waals surface area (Å²) in [4.78, 5) is 14.5. The molecule has 0 spiro atoms. The predicted molar refractivity (Wildman–Crippen MR) is 44.1 cm³/mol. The first-order chi connectivity index (χ1) is 4.74. The fraction of sp³-hybridized carbons (Fsp3) is 0.500. The molecular weight excluding hydrogens is 170 g/mol. The largest absolute Gasteiger partial charge is 0.317 e. The summed E-state index contributed by atoms with van der Waals surface area (Å²) in [5, 5.41) is 0. The first-order valence-corrected chi connectivity index (χ1v) is 4.33. The molecule has 2 nitrogen and oxygen atoms in total. The zero-order chi connectivity index (χ0) is 7.56. The van der Waals surface area contributed by atoms with Crippen LogP contribution in [0.15, 0.2) is 4.79 Å². The van der Waals surface area contributed by atoms with Gasteiger partial charge in [0, 0.05) is 16.5 Å². The minimum absolute atomic E-state index is 0.0117. The van der Waals surface area contributed by atoms with Gasteiger partial charge in [-0.25, -0.2) is 0 Å². The number of hydrogen-bond donors (Lipinski definition) is 1. The molecule has 0 saturated heterocycles. The van der Waals surface area contributed by atoms with E-state index < -0.39 is 0 Å². The molecule has 56 valence electrons. The average Bonchev–Trinajstić information content (AvgIpc) is 2.13. The monoisotopic (exact) mass is 177 g/mol. The van der Waals surface area contributed by atoms with Crippen LogP contribution in [0.2, 0.25) is 0 Å². The summed E-state index contributed by atoms with van der Waals surface area (Å²) in [6.07, 6.45) is 0.788. The van der Waals surface area contributed by atoms with Crippen molar-refractivity contribution in [2.24, 2.45) is 0 Å². The first-order valence-electron chi connectivity index (χ1n) is 2.98. The Kier molecular flexibility index (Phi) is 2.51. The third kappa shape index (κ3) is 1.61. The van der Waals surface area contributed by atoms with Crippen molar-refractivity contribution in [1.29, 1.82) is 0 Å². The Hall–Kier alpha value is -0.280. The summed E-state index contributed by atoms with van der Waals surface area (Å²) in [6.45, 7) is 1.89. The highest BCUT2D eigenvalue weighted by Crippen LogP contribution is 2.08. The minimum atomic E-state index is 0.0117. The normalized spacial score (nSPS) is 10.2. The van der Waals surface area contributed by atoms with Crippen LogP contribution in [0.5, 0.6) is 0 Å². The van der Waals surface area contributed by atoms with Crippen molar-refractivity contribution in [3.05, 3.63) is 20.2 Å². The van der Waals surface area contributed by atoms with E-state index >= 15 is 0 Å². The zero-order valence-electron chi connectivity index (χ0n) is 5.61. The first kappa shape index (κ1) is 7.82. The summed E-state index contributed by atoms with van der Waals surface area (Å²) < 4.78 is 0. The number of thiazole rings is 1. The van der Waals surface area contributed by atoms with E-state index in [-0.39, 0.29) is 4.87 Å². The van der Waals surface area contributed by atoms with Crippen molar-refractivity contribution in [3.63, 3.8) is 0 Å². The van der Waals surface area contributed by atoms with Crippen molar-refractivity contribution in [2.75, 3.05) is 5.88 Å². The number of aromatic nitrogens is 1. The van der Waals surface area contributed by atoms with Crippen LogP contribution in [0.25, 0.3) is 0 Å². The number of aryl methyl sites for hydroxylation is 2. The van der Waals surface area contributed by atoms with Gasteiger partial charge in [0.15, 0.2) is 0 Å². The molecule has 4 heteroatoms.